The average Bonchev–Trinajstić information content (AvgIpc) is 2.62. The molecule has 0 atom stereocenters. The number of nitrogens with one attached hydrogen (secondary N) is 1. The molecule has 0 spiro atoms. The average molecular weight is 324 g/mol. The first-order chi connectivity index (χ1) is 11.6. The smallest absolute Gasteiger partial charge is 0.341 e. The van der Waals surface area contributed by atoms with Crippen LogP contribution >= 0.6 is 0 Å². The number of pyridine rings is 1. The Morgan fingerprint density at radius 2 is 1.88 bits per heavy atom. The molecule has 0 saturated carbocycles. The molecule has 0 bridgehead atoms. The van der Waals surface area contributed by atoms with Gasteiger partial charge in [0, 0.05) is 11.1 Å². The second-order valence-electron chi connectivity index (χ2n) is 5.08. The van der Waals surface area contributed by atoms with Gasteiger partial charge in [0.25, 0.3) is 0 Å². The van der Waals surface area contributed by atoms with Crippen molar-refractivity contribution in [3.8, 4) is 11.5 Å². The molecule has 0 unspecified atom stereocenters. The van der Waals surface area contributed by atoms with E-state index in [1.807, 2.05) is 12.1 Å². The molecule has 1 heterocycles. The highest BCUT2D eigenvalue weighted by Gasteiger charge is 2.17. The number of carbonyl (C=O) groups excluding carboxylic acids is 1. The molecular weight excluding hydrogens is 308 g/mol. The lowest BCUT2D eigenvalue weighted by molar-refractivity contribution is 0.0601. The third kappa shape index (κ3) is 2.94. The molecule has 0 radical (unpaired) electrons. The Morgan fingerprint density at radius 3 is 2.54 bits per heavy atom. The fraction of sp³-hybridized carbons (Fsp3) is 0.111. The molecule has 0 aliphatic carbocycles. The van der Waals surface area contributed by atoms with Crippen molar-refractivity contribution in [1.29, 1.82) is 0 Å². The van der Waals surface area contributed by atoms with E-state index in [2.05, 4.69) is 10.3 Å². The van der Waals surface area contributed by atoms with Crippen molar-refractivity contribution < 1.29 is 19.4 Å². The molecular formula is C18H16N2O4. The number of fused-ring (bicyclic) bond motifs is 1. The zero-order chi connectivity index (χ0) is 17.1. The van der Waals surface area contributed by atoms with Gasteiger partial charge in [0.05, 0.1) is 14.2 Å². The van der Waals surface area contributed by atoms with Gasteiger partial charge in [0.1, 0.15) is 28.4 Å². The highest BCUT2D eigenvalue weighted by molar-refractivity contribution is 6.00. The van der Waals surface area contributed by atoms with Crippen LogP contribution in [0.2, 0.25) is 0 Å². The second-order valence-corrected chi connectivity index (χ2v) is 5.08. The summed E-state index contributed by atoms with van der Waals surface area (Å²) >= 11 is 0. The van der Waals surface area contributed by atoms with E-state index in [4.69, 9.17) is 9.47 Å². The van der Waals surface area contributed by atoms with Crippen LogP contribution in [0.5, 0.6) is 11.5 Å². The Kier molecular flexibility index (Phi) is 4.20. The minimum atomic E-state index is -0.492. The second kappa shape index (κ2) is 6.45. The normalized spacial score (nSPS) is 10.4. The number of nitrogens with zero attached hydrogens (tertiary/aromatic N) is 1. The molecule has 6 heteroatoms. The Bertz CT molecular complexity index is 891. The van der Waals surface area contributed by atoms with Crippen molar-refractivity contribution in [2.24, 2.45) is 0 Å². The van der Waals surface area contributed by atoms with Crippen LogP contribution in [0, 0.1) is 0 Å². The number of para-hydroxylation sites is 1. The molecule has 2 N–H and O–H groups in total. The molecule has 0 fully saturated rings. The Labute approximate surface area is 138 Å². The van der Waals surface area contributed by atoms with Crippen molar-refractivity contribution in [3.05, 3.63) is 54.1 Å². The van der Waals surface area contributed by atoms with Crippen molar-refractivity contribution >= 4 is 28.4 Å². The lowest BCUT2D eigenvalue weighted by Crippen LogP contribution is -2.08. The molecule has 3 aromatic rings. The summed E-state index contributed by atoms with van der Waals surface area (Å²) in [5.74, 6) is 0.623. The van der Waals surface area contributed by atoms with Crippen LogP contribution < -0.4 is 10.1 Å². The number of aromatic hydroxyl groups is 1. The highest BCUT2D eigenvalue weighted by Crippen LogP contribution is 2.29. The van der Waals surface area contributed by atoms with Crippen LogP contribution in [0.1, 0.15) is 10.4 Å². The van der Waals surface area contributed by atoms with Crippen molar-refractivity contribution in [1.82, 2.24) is 4.98 Å². The number of carbonyl (C=O) groups is 1. The Balaban J connectivity index is 2.15. The molecule has 122 valence electrons. The zero-order valence-electron chi connectivity index (χ0n) is 13.2. The predicted octanol–water partition coefficient (Wildman–Crippen LogP) is 3.48. The van der Waals surface area contributed by atoms with Gasteiger partial charge in [-0.1, -0.05) is 12.1 Å². The monoisotopic (exact) mass is 324 g/mol. The maximum atomic E-state index is 12.1. The third-order valence-corrected chi connectivity index (χ3v) is 3.56. The summed E-state index contributed by atoms with van der Waals surface area (Å²) in [6, 6.07) is 13.6. The number of phenols is 1. The number of benzene rings is 2. The van der Waals surface area contributed by atoms with Crippen LogP contribution in [0.3, 0.4) is 0 Å². The SMILES string of the molecule is COC(=O)c1cc2cccc(OC)c2nc1Nc1ccc(O)cc1. The number of hydrogen-bond acceptors (Lipinski definition) is 6. The predicted molar refractivity (Wildman–Crippen MR) is 91.0 cm³/mol. The van der Waals surface area contributed by atoms with Gasteiger partial charge in [0.2, 0.25) is 0 Å². The summed E-state index contributed by atoms with van der Waals surface area (Å²) in [7, 11) is 2.89. The lowest BCUT2D eigenvalue weighted by atomic mass is 10.1. The summed E-state index contributed by atoms with van der Waals surface area (Å²) in [6.45, 7) is 0. The molecule has 0 aliphatic rings. The van der Waals surface area contributed by atoms with Gasteiger partial charge >= 0.3 is 5.97 Å². The molecule has 6 nitrogen and oxygen atoms in total. The largest absolute Gasteiger partial charge is 0.508 e. The van der Waals surface area contributed by atoms with Crippen molar-refractivity contribution in [3.63, 3.8) is 0 Å². The number of aromatic nitrogens is 1. The molecule has 0 saturated heterocycles. The number of ether oxygens (including phenoxy) is 2. The van der Waals surface area contributed by atoms with Crippen LogP contribution in [0.25, 0.3) is 10.9 Å². The van der Waals surface area contributed by atoms with Crippen LogP contribution in [-0.2, 0) is 4.74 Å². The minimum Gasteiger partial charge on any atom is -0.508 e. The van der Waals surface area contributed by atoms with E-state index >= 15 is 0 Å². The number of hydrogen-bond donors (Lipinski definition) is 2. The minimum absolute atomic E-state index is 0.155. The Hall–Kier alpha value is -3.28. The fourth-order valence-electron chi connectivity index (χ4n) is 2.38. The van der Waals surface area contributed by atoms with Crippen molar-refractivity contribution in [2.45, 2.75) is 0 Å². The molecule has 0 amide bonds. The standard InChI is InChI=1S/C18H16N2O4/c1-23-15-5-3-4-11-10-14(18(22)24-2)17(20-16(11)15)19-12-6-8-13(21)9-7-12/h3-10,21H,1-2H3,(H,19,20). The maximum Gasteiger partial charge on any atom is 0.341 e. The fourth-order valence-corrected chi connectivity index (χ4v) is 2.38. The number of anilines is 2. The summed E-state index contributed by atoms with van der Waals surface area (Å²) in [5.41, 5.74) is 1.62. The summed E-state index contributed by atoms with van der Waals surface area (Å²) in [5, 5.41) is 13.2. The van der Waals surface area contributed by atoms with Crippen LogP contribution in [0.15, 0.2) is 48.5 Å². The van der Waals surface area contributed by atoms with Crippen molar-refractivity contribution in [2.75, 3.05) is 19.5 Å². The van der Waals surface area contributed by atoms with Gasteiger partial charge in [-0.15, -0.1) is 0 Å². The van der Waals surface area contributed by atoms with E-state index in [0.29, 0.717) is 28.3 Å². The summed E-state index contributed by atoms with van der Waals surface area (Å²) < 4.78 is 10.2. The molecule has 0 aliphatic heterocycles. The van der Waals surface area contributed by atoms with Gasteiger partial charge in [-0.25, -0.2) is 9.78 Å². The first-order valence-corrected chi connectivity index (χ1v) is 7.24. The van der Waals surface area contributed by atoms with E-state index in [1.165, 1.54) is 7.11 Å². The van der Waals surface area contributed by atoms with E-state index < -0.39 is 5.97 Å². The molecule has 1 aromatic heterocycles. The summed E-state index contributed by atoms with van der Waals surface area (Å²) in [4.78, 5) is 16.6. The zero-order valence-corrected chi connectivity index (χ0v) is 13.2. The first kappa shape index (κ1) is 15.6. The van der Waals surface area contributed by atoms with Gasteiger partial charge in [-0.2, -0.15) is 0 Å². The number of methoxy groups -OCH3 is 2. The van der Waals surface area contributed by atoms with E-state index in [1.54, 1.807) is 43.5 Å². The van der Waals surface area contributed by atoms with Gasteiger partial charge in [0.15, 0.2) is 0 Å². The van der Waals surface area contributed by atoms with Crippen LogP contribution in [-0.4, -0.2) is 30.3 Å². The Morgan fingerprint density at radius 1 is 1.12 bits per heavy atom. The third-order valence-electron chi connectivity index (χ3n) is 3.56. The highest BCUT2D eigenvalue weighted by atomic mass is 16.5. The maximum absolute atomic E-state index is 12.1. The topological polar surface area (TPSA) is 80.7 Å². The quantitative estimate of drug-likeness (QED) is 0.565. The van der Waals surface area contributed by atoms with E-state index in [9.17, 15) is 9.90 Å². The van der Waals surface area contributed by atoms with Gasteiger partial charge < -0.3 is 19.9 Å². The first-order valence-electron chi connectivity index (χ1n) is 7.24. The van der Waals surface area contributed by atoms with Gasteiger partial charge in [-0.05, 0) is 36.4 Å². The molecule has 2 aromatic carbocycles. The number of esters is 1. The van der Waals surface area contributed by atoms with Gasteiger partial charge in [-0.3, -0.25) is 0 Å². The molecule has 24 heavy (non-hydrogen) atoms. The van der Waals surface area contributed by atoms with E-state index in [-0.39, 0.29) is 5.75 Å². The number of phenolic OH excluding ortho intramolecular Hbond substituents is 1. The molecule has 3 rings (SSSR count). The summed E-state index contributed by atoms with van der Waals surface area (Å²) in [6.07, 6.45) is 0. The lowest BCUT2D eigenvalue weighted by Gasteiger charge is -2.13. The number of rotatable bonds is 4. The van der Waals surface area contributed by atoms with E-state index in [0.717, 1.165) is 5.39 Å². The van der Waals surface area contributed by atoms with Crippen LogP contribution in [0.4, 0.5) is 11.5 Å².